The van der Waals surface area contributed by atoms with Crippen LogP contribution in [0.25, 0.3) is 5.69 Å². The summed E-state index contributed by atoms with van der Waals surface area (Å²) in [4.78, 5) is 12.3. The van der Waals surface area contributed by atoms with Crippen LogP contribution in [0.1, 0.15) is 29.0 Å². The molecule has 0 fully saturated rings. The van der Waals surface area contributed by atoms with Crippen LogP contribution in [-0.2, 0) is 0 Å². The molecule has 0 aliphatic heterocycles. The van der Waals surface area contributed by atoms with Gasteiger partial charge < -0.3 is 5.32 Å². The quantitative estimate of drug-likeness (QED) is 0.787. The summed E-state index contributed by atoms with van der Waals surface area (Å²) in [5.41, 5.74) is 1.60. The standard InChI is InChI=1S/C17H14ClFN4O/c1-11(12-6-8-13(19)9-7-12)20-17(24)15-10-23(22-21-15)16-5-3-2-4-14(16)18/h2-11H,1H3,(H,20,24)/t11-/m0/s1. The first-order valence-corrected chi connectivity index (χ1v) is 7.66. The molecule has 122 valence electrons. The maximum atomic E-state index is 13.0. The molecule has 0 aliphatic rings. The summed E-state index contributed by atoms with van der Waals surface area (Å²) in [6.45, 7) is 1.81. The Morgan fingerprint density at radius 3 is 2.62 bits per heavy atom. The topological polar surface area (TPSA) is 59.8 Å². The molecule has 0 saturated carbocycles. The highest BCUT2D eigenvalue weighted by Crippen LogP contribution is 2.19. The summed E-state index contributed by atoms with van der Waals surface area (Å²) in [5.74, 6) is -0.690. The summed E-state index contributed by atoms with van der Waals surface area (Å²) < 4.78 is 14.4. The van der Waals surface area contributed by atoms with E-state index >= 15 is 0 Å². The first-order chi connectivity index (χ1) is 11.5. The van der Waals surface area contributed by atoms with Crippen LogP contribution in [0.2, 0.25) is 5.02 Å². The minimum absolute atomic E-state index is 0.170. The third-order valence-corrected chi connectivity index (χ3v) is 3.86. The van der Waals surface area contributed by atoms with Crippen LogP contribution in [0.5, 0.6) is 0 Å². The Morgan fingerprint density at radius 2 is 1.92 bits per heavy atom. The van der Waals surface area contributed by atoms with Crippen LogP contribution in [0, 0.1) is 5.82 Å². The third kappa shape index (κ3) is 3.44. The van der Waals surface area contributed by atoms with Crippen molar-refractivity contribution in [2.24, 2.45) is 0 Å². The van der Waals surface area contributed by atoms with Crippen molar-refractivity contribution in [3.63, 3.8) is 0 Å². The van der Waals surface area contributed by atoms with E-state index in [1.165, 1.54) is 23.0 Å². The van der Waals surface area contributed by atoms with Gasteiger partial charge in [-0.1, -0.05) is 41.1 Å². The number of halogens is 2. The van der Waals surface area contributed by atoms with E-state index < -0.39 is 0 Å². The molecule has 0 unspecified atom stereocenters. The Bertz CT molecular complexity index is 863. The number of hydrogen-bond donors (Lipinski definition) is 1. The van der Waals surface area contributed by atoms with E-state index in [4.69, 9.17) is 11.6 Å². The average molecular weight is 345 g/mol. The van der Waals surface area contributed by atoms with Crippen LogP contribution in [0.3, 0.4) is 0 Å². The molecule has 0 saturated heterocycles. The molecule has 0 radical (unpaired) electrons. The van der Waals surface area contributed by atoms with Gasteiger partial charge in [-0.2, -0.15) is 0 Å². The maximum Gasteiger partial charge on any atom is 0.273 e. The summed E-state index contributed by atoms with van der Waals surface area (Å²) in [6, 6.07) is 12.8. The lowest BCUT2D eigenvalue weighted by Crippen LogP contribution is -2.27. The van der Waals surface area contributed by atoms with E-state index in [1.54, 1.807) is 30.3 Å². The molecular formula is C17H14ClFN4O. The molecule has 24 heavy (non-hydrogen) atoms. The van der Waals surface area contributed by atoms with Gasteiger partial charge in [-0.25, -0.2) is 9.07 Å². The van der Waals surface area contributed by atoms with Gasteiger partial charge in [0.05, 0.1) is 22.9 Å². The lowest BCUT2D eigenvalue weighted by molar-refractivity contribution is 0.0935. The maximum absolute atomic E-state index is 13.0. The fourth-order valence-corrected chi connectivity index (χ4v) is 2.45. The Balaban J connectivity index is 1.74. The molecular weight excluding hydrogens is 331 g/mol. The predicted molar refractivity (Wildman–Crippen MR) is 88.7 cm³/mol. The van der Waals surface area contributed by atoms with Crippen LogP contribution in [0.15, 0.2) is 54.7 Å². The minimum atomic E-state index is -0.370. The predicted octanol–water partition coefficient (Wildman–Crippen LogP) is 3.55. The smallest absolute Gasteiger partial charge is 0.273 e. The van der Waals surface area contributed by atoms with Gasteiger partial charge in [-0.3, -0.25) is 4.79 Å². The Kier molecular flexibility index (Phi) is 4.57. The fourth-order valence-electron chi connectivity index (χ4n) is 2.23. The summed E-state index contributed by atoms with van der Waals surface area (Å²) in [7, 11) is 0. The number of carbonyl (C=O) groups is 1. The fraction of sp³-hybridized carbons (Fsp3) is 0.118. The first-order valence-electron chi connectivity index (χ1n) is 7.28. The lowest BCUT2D eigenvalue weighted by Gasteiger charge is -2.13. The molecule has 1 amide bonds. The molecule has 1 heterocycles. The SMILES string of the molecule is C[C@H](NC(=O)c1cn(-c2ccccc2Cl)nn1)c1ccc(F)cc1. The van der Waals surface area contributed by atoms with Gasteiger partial charge in [0.2, 0.25) is 0 Å². The Labute approximate surface area is 143 Å². The van der Waals surface area contributed by atoms with E-state index in [1.807, 2.05) is 13.0 Å². The molecule has 7 heteroatoms. The second-order valence-corrected chi connectivity index (χ2v) is 5.65. The number of aromatic nitrogens is 3. The van der Waals surface area contributed by atoms with Crippen LogP contribution >= 0.6 is 11.6 Å². The van der Waals surface area contributed by atoms with Crippen LogP contribution in [0.4, 0.5) is 4.39 Å². The molecule has 0 aliphatic carbocycles. The highest BCUT2D eigenvalue weighted by Gasteiger charge is 2.16. The average Bonchev–Trinajstić information content (AvgIpc) is 3.05. The van der Waals surface area contributed by atoms with E-state index in [-0.39, 0.29) is 23.5 Å². The molecule has 0 spiro atoms. The first kappa shape index (κ1) is 16.1. The normalized spacial score (nSPS) is 12.0. The number of amides is 1. The van der Waals surface area contributed by atoms with E-state index in [0.29, 0.717) is 10.7 Å². The van der Waals surface area contributed by atoms with Gasteiger partial charge in [0.15, 0.2) is 5.69 Å². The minimum Gasteiger partial charge on any atom is -0.344 e. The zero-order valence-corrected chi connectivity index (χ0v) is 13.5. The van der Waals surface area contributed by atoms with Crippen LogP contribution in [-0.4, -0.2) is 20.9 Å². The van der Waals surface area contributed by atoms with Crippen molar-refractivity contribution in [2.45, 2.75) is 13.0 Å². The molecule has 3 aromatic rings. The van der Waals surface area contributed by atoms with Crippen molar-refractivity contribution in [3.05, 3.63) is 76.8 Å². The Morgan fingerprint density at radius 1 is 1.21 bits per heavy atom. The van der Waals surface area contributed by atoms with E-state index in [9.17, 15) is 9.18 Å². The largest absolute Gasteiger partial charge is 0.344 e. The second kappa shape index (κ2) is 6.80. The van der Waals surface area contributed by atoms with Gasteiger partial charge >= 0.3 is 0 Å². The number of para-hydroxylation sites is 1. The summed E-state index contributed by atoms with van der Waals surface area (Å²) in [5, 5.41) is 11.1. The zero-order valence-electron chi connectivity index (χ0n) is 12.8. The third-order valence-electron chi connectivity index (χ3n) is 3.54. The van der Waals surface area contributed by atoms with Gasteiger partial charge in [0, 0.05) is 0 Å². The second-order valence-electron chi connectivity index (χ2n) is 5.25. The van der Waals surface area contributed by atoms with Crippen molar-refractivity contribution >= 4 is 17.5 Å². The highest BCUT2D eigenvalue weighted by molar-refractivity contribution is 6.32. The van der Waals surface area contributed by atoms with E-state index in [0.717, 1.165) is 5.56 Å². The van der Waals surface area contributed by atoms with Crippen molar-refractivity contribution in [2.75, 3.05) is 0 Å². The van der Waals surface area contributed by atoms with Crippen molar-refractivity contribution in [3.8, 4) is 5.69 Å². The summed E-state index contributed by atoms with van der Waals surface area (Å²) in [6.07, 6.45) is 1.51. The van der Waals surface area contributed by atoms with Crippen molar-refractivity contribution < 1.29 is 9.18 Å². The monoisotopic (exact) mass is 344 g/mol. The van der Waals surface area contributed by atoms with Gasteiger partial charge in [-0.15, -0.1) is 5.10 Å². The molecule has 2 aromatic carbocycles. The Hall–Kier alpha value is -2.73. The number of rotatable bonds is 4. The number of carbonyl (C=O) groups excluding carboxylic acids is 1. The van der Waals surface area contributed by atoms with Crippen molar-refractivity contribution in [1.82, 2.24) is 20.3 Å². The molecule has 1 atom stereocenters. The van der Waals surface area contributed by atoms with E-state index in [2.05, 4.69) is 15.6 Å². The number of nitrogens with zero attached hydrogens (tertiary/aromatic N) is 3. The number of nitrogens with one attached hydrogen (secondary N) is 1. The number of hydrogen-bond acceptors (Lipinski definition) is 3. The van der Waals surface area contributed by atoms with Crippen molar-refractivity contribution in [1.29, 1.82) is 0 Å². The molecule has 5 nitrogen and oxygen atoms in total. The van der Waals surface area contributed by atoms with Gasteiger partial charge in [0.1, 0.15) is 5.82 Å². The summed E-state index contributed by atoms with van der Waals surface area (Å²) >= 11 is 6.10. The molecule has 0 bridgehead atoms. The molecule has 1 N–H and O–H groups in total. The molecule has 1 aromatic heterocycles. The van der Waals surface area contributed by atoms with Crippen LogP contribution < -0.4 is 5.32 Å². The van der Waals surface area contributed by atoms with Gasteiger partial charge in [-0.05, 0) is 36.8 Å². The number of benzene rings is 2. The lowest BCUT2D eigenvalue weighted by atomic mass is 10.1. The highest BCUT2D eigenvalue weighted by atomic mass is 35.5. The van der Waals surface area contributed by atoms with Gasteiger partial charge in [0.25, 0.3) is 5.91 Å². The molecule has 3 rings (SSSR count). The zero-order chi connectivity index (χ0) is 17.1.